The van der Waals surface area contributed by atoms with Crippen LogP contribution in [0.3, 0.4) is 0 Å². The maximum atomic E-state index is 5.46. The van der Waals surface area contributed by atoms with Gasteiger partial charge in [0.1, 0.15) is 0 Å². The maximum Gasteiger partial charge on any atom is 0.222 e. The molecule has 1 aromatic carbocycles. The number of hydrogen-bond acceptors (Lipinski definition) is 4. The van der Waals surface area contributed by atoms with Gasteiger partial charge in [0.2, 0.25) is 5.95 Å². The van der Waals surface area contributed by atoms with E-state index in [0.717, 1.165) is 11.1 Å². The zero-order valence-electron chi connectivity index (χ0n) is 10.8. The molecule has 100 valence electrons. The van der Waals surface area contributed by atoms with Gasteiger partial charge in [-0.3, -0.25) is 0 Å². The van der Waals surface area contributed by atoms with Gasteiger partial charge in [-0.1, -0.05) is 24.3 Å². The largest absolute Gasteiger partial charge is 0.377 e. The molecule has 1 heterocycles. The van der Waals surface area contributed by atoms with E-state index in [9.17, 15) is 0 Å². The summed E-state index contributed by atoms with van der Waals surface area (Å²) in [4.78, 5) is 8.37. The summed E-state index contributed by atoms with van der Waals surface area (Å²) in [5.41, 5.74) is 2.39. The van der Waals surface area contributed by atoms with Crippen LogP contribution in [0.25, 0.3) is 0 Å². The third-order valence-electron chi connectivity index (χ3n) is 2.64. The molecule has 0 aliphatic rings. The number of ether oxygens (including phenoxy) is 1. The Kier molecular flexibility index (Phi) is 5.30. The average Bonchev–Trinajstić information content (AvgIpc) is 2.45. The number of halogens is 1. The van der Waals surface area contributed by atoms with Crippen LogP contribution in [-0.2, 0) is 17.9 Å². The molecule has 0 amide bonds. The molecule has 0 saturated carbocycles. The smallest absolute Gasteiger partial charge is 0.222 e. The van der Waals surface area contributed by atoms with Crippen LogP contribution in [0.15, 0.2) is 41.1 Å². The standard InChI is InChI=1S/C14H16BrN3O/c1-2-19-10-12-6-4-3-5-11(12)7-16-14-17-8-13(15)9-18-14/h3-6,8-9H,2,7,10H2,1H3,(H,16,17,18). The Bertz CT molecular complexity index is 516. The summed E-state index contributed by atoms with van der Waals surface area (Å²) < 4.78 is 6.33. The van der Waals surface area contributed by atoms with E-state index in [4.69, 9.17) is 4.74 Å². The summed E-state index contributed by atoms with van der Waals surface area (Å²) in [7, 11) is 0. The lowest BCUT2D eigenvalue weighted by atomic mass is 10.1. The Labute approximate surface area is 121 Å². The van der Waals surface area contributed by atoms with Gasteiger partial charge in [0, 0.05) is 25.5 Å². The minimum atomic E-state index is 0.620. The van der Waals surface area contributed by atoms with E-state index in [1.54, 1.807) is 12.4 Å². The highest BCUT2D eigenvalue weighted by Gasteiger charge is 2.02. The highest BCUT2D eigenvalue weighted by molar-refractivity contribution is 9.10. The van der Waals surface area contributed by atoms with Crippen LogP contribution in [0, 0.1) is 0 Å². The fraction of sp³-hybridized carbons (Fsp3) is 0.286. The van der Waals surface area contributed by atoms with E-state index in [1.165, 1.54) is 11.1 Å². The van der Waals surface area contributed by atoms with Crippen molar-refractivity contribution in [2.24, 2.45) is 0 Å². The molecule has 0 saturated heterocycles. The van der Waals surface area contributed by atoms with Crippen LogP contribution >= 0.6 is 15.9 Å². The van der Waals surface area contributed by atoms with Crippen molar-refractivity contribution in [3.8, 4) is 0 Å². The lowest BCUT2D eigenvalue weighted by Gasteiger charge is -2.10. The van der Waals surface area contributed by atoms with Gasteiger partial charge in [-0.2, -0.15) is 0 Å². The predicted octanol–water partition coefficient (Wildman–Crippen LogP) is 3.39. The first kappa shape index (κ1) is 14.0. The zero-order valence-corrected chi connectivity index (χ0v) is 12.4. The summed E-state index contributed by atoms with van der Waals surface area (Å²) in [6.45, 7) is 4.04. The van der Waals surface area contributed by atoms with E-state index in [2.05, 4.69) is 43.3 Å². The normalized spacial score (nSPS) is 10.4. The number of hydrogen-bond donors (Lipinski definition) is 1. The van der Waals surface area contributed by atoms with Crippen molar-refractivity contribution in [3.63, 3.8) is 0 Å². The first-order valence-corrected chi connectivity index (χ1v) is 6.95. The molecule has 2 rings (SSSR count). The Hall–Kier alpha value is -1.46. The van der Waals surface area contributed by atoms with Crippen molar-refractivity contribution in [2.75, 3.05) is 11.9 Å². The van der Waals surface area contributed by atoms with Crippen LogP contribution in [-0.4, -0.2) is 16.6 Å². The van der Waals surface area contributed by atoms with Gasteiger partial charge in [0.15, 0.2) is 0 Å². The highest BCUT2D eigenvalue weighted by atomic mass is 79.9. The number of nitrogens with one attached hydrogen (secondary N) is 1. The van der Waals surface area contributed by atoms with Crippen molar-refractivity contribution in [1.82, 2.24) is 9.97 Å². The second kappa shape index (κ2) is 7.21. The van der Waals surface area contributed by atoms with Crippen molar-refractivity contribution in [3.05, 3.63) is 52.3 Å². The predicted molar refractivity (Wildman–Crippen MR) is 78.8 cm³/mol. The molecule has 19 heavy (non-hydrogen) atoms. The Morgan fingerprint density at radius 2 is 1.84 bits per heavy atom. The Morgan fingerprint density at radius 3 is 2.53 bits per heavy atom. The molecule has 0 unspecified atom stereocenters. The van der Waals surface area contributed by atoms with E-state index in [1.807, 2.05) is 19.1 Å². The number of aromatic nitrogens is 2. The molecular formula is C14H16BrN3O. The quantitative estimate of drug-likeness (QED) is 0.886. The minimum absolute atomic E-state index is 0.620. The SMILES string of the molecule is CCOCc1ccccc1CNc1ncc(Br)cn1. The van der Waals surface area contributed by atoms with Gasteiger partial charge in [-0.25, -0.2) is 9.97 Å². The average molecular weight is 322 g/mol. The molecule has 0 fully saturated rings. The summed E-state index contributed by atoms with van der Waals surface area (Å²) in [6.07, 6.45) is 3.45. The third kappa shape index (κ3) is 4.29. The van der Waals surface area contributed by atoms with E-state index in [0.29, 0.717) is 19.1 Å². The Morgan fingerprint density at radius 1 is 1.16 bits per heavy atom. The molecule has 0 aliphatic heterocycles. The second-order valence-electron chi connectivity index (χ2n) is 3.98. The highest BCUT2D eigenvalue weighted by Crippen LogP contribution is 2.12. The summed E-state index contributed by atoms with van der Waals surface area (Å²) >= 11 is 3.31. The van der Waals surface area contributed by atoms with Crippen LogP contribution in [0.2, 0.25) is 0 Å². The second-order valence-corrected chi connectivity index (χ2v) is 4.90. The third-order valence-corrected chi connectivity index (χ3v) is 3.05. The van der Waals surface area contributed by atoms with Crippen molar-refractivity contribution in [2.45, 2.75) is 20.1 Å². The zero-order chi connectivity index (χ0) is 13.5. The van der Waals surface area contributed by atoms with Crippen molar-refractivity contribution in [1.29, 1.82) is 0 Å². The molecule has 0 aliphatic carbocycles. The minimum Gasteiger partial charge on any atom is -0.377 e. The number of benzene rings is 1. The van der Waals surface area contributed by atoms with Crippen molar-refractivity contribution >= 4 is 21.9 Å². The number of nitrogens with zero attached hydrogens (tertiary/aromatic N) is 2. The van der Waals surface area contributed by atoms with Gasteiger partial charge in [-0.15, -0.1) is 0 Å². The number of rotatable bonds is 6. The van der Waals surface area contributed by atoms with E-state index in [-0.39, 0.29) is 0 Å². The topological polar surface area (TPSA) is 47.0 Å². The van der Waals surface area contributed by atoms with Gasteiger partial charge < -0.3 is 10.1 Å². The van der Waals surface area contributed by atoms with Gasteiger partial charge in [0.25, 0.3) is 0 Å². The van der Waals surface area contributed by atoms with Gasteiger partial charge in [-0.05, 0) is 34.0 Å². The summed E-state index contributed by atoms with van der Waals surface area (Å²) in [5.74, 6) is 0.620. The molecule has 1 aromatic heterocycles. The van der Waals surface area contributed by atoms with E-state index >= 15 is 0 Å². The molecule has 5 heteroatoms. The molecule has 0 atom stereocenters. The first-order valence-electron chi connectivity index (χ1n) is 6.15. The van der Waals surface area contributed by atoms with E-state index < -0.39 is 0 Å². The fourth-order valence-electron chi connectivity index (χ4n) is 1.66. The first-order chi connectivity index (χ1) is 9.29. The van der Waals surface area contributed by atoms with Crippen LogP contribution in [0.4, 0.5) is 5.95 Å². The fourth-order valence-corrected chi connectivity index (χ4v) is 1.87. The lowest BCUT2D eigenvalue weighted by molar-refractivity contribution is 0.133. The van der Waals surface area contributed by atoms with Crippen molar-refractivity contribution < 1.29 is 4.74 Å². The van der Waals surface area contributed by atoms with Crippen LogP contribution < -0.4 is 5.32 Å². The molecule has 1 N–H and O–H groups in total. The number of anilines is 1. The molecule has 4 nitrogen and oxygen atoms in total. The molecule has 0 bridgehead atoms. The van der Waals surface area contributed by atoms with Crippen LogP contribution in [0.5, 0.6) is 0 Å². The summed E-state index contributed by atoms with van der Waals surface area (Å²) in [6, 6.07) is 8.21. The summed E-state index contributed by atoms with van der Waals surface area (Å²) in [5, 5.41) is 3.21. The van der Waals surface area contributed by atoms with Gasteiger partial charge >= 0.3 is 0 Å². The van der Waals surface area contributed by atoms with Crippen LogP contribution in [0.1, 0.15) is 18.1 Å². The lowest BCUT2D eigenvalue weighted by Crippen LogP contribution is -2.06. The molecule has 0 spiro atoms. The maximum absolute atomic E-state index is 5.46. The van der Waals surface area contributed by atoms with Gasteiger partial charge in [0.05, 0.1) is 11.1 Å². The molecule has 0 radical (unpaired) electrons. The molecule has 2 aromatic rings. The Balaban J connectivity index is 2.00. The molecular weight excluding hydrogens is 306 g/mol. The monoisotopic (exact) mass is 321 g/mol.